The van der Waals surface area contributed by atoms with E-state index in [0.29, 0.717) is 13.2 Å². The van der Waals surface area contributed by atoms with Crippen LogP contribution in [-0.4, -0.2) is 18.3 Å². The van der Waals surface area contributed by atoms with E-state index in [0.717, 1.165) is 16.9 Å². The molecule has 0 saturated carbocycles. The topological polar surface area (TPSA) is 55.5 Å². The number of benzene rings is 1. The number of nitrogens with two attached hydrogens (primary N) is 1. The van der Waals surface area contributed by atoms with Crippen LogP contribution in [0.25, 0.3) is 6.08 Å². The van der Waals surface area contributed by atoms with E-state index in [-0.39, 0.29) is 5.75 Å². The first-order valence-electron chi connectivity index (χ1n) is 4.15. The highest BCUT2D eigenvalue weighted by Crippen LogP contribution is 2.28. The van der Waals surface area contributed by atoms with Gasteiger partial charge in [0.15, 0.2) is 0 Å². The van der Waals surface area contributed by atoms with Gasteiger partial charge in [0.05, 0.1) is 0 Å². The van der Waals surface area contributed by atoms with Gasteiger partial charge in [-0.25, -0.2) is 0 Å². The Morgan fingerprint density at radius 2 is 2.31 bits per heavy atom. The molecule has 1 aromatic carbocycles. The highest BCUT2D eigenvalue weighted by molar-refractivity contribution is 5.64. The Bertz CT molecular complexity index is 358. The monoisotopic (exact) mass is 177 g/mol. The Balaban J connectivity index is 2.44. The molecular weight excluding hydrogens is 166 g/mol. The summed E-state index contributed by atoms with van der Waals surface area (Å²) in [6.07, 6.45) is 1.96. The molecule has 0 saturated heterocycles. The molecule has 0 amide bonds. The summed E-state index contributed by atoms with van der Waals surface area (Å²) in [4.78, 5) is 0. The van der Waals surface area contributed by atoms with Gasteiger partial charge in [0.1, 0.15) is 18.1 Å². The Hall–Kier alpha value is -1.48. The Labute approximate surface area is 76.4 Å². The smallest absolute Gasteiger partial charge is 0.127 e. The molecule has 1 aliphatic rings. The van der Waals surface area contributed by atoms with E-state index in [2.05, 4.69) is 0 Å². The van der Waals surface area contributed by atoms with Crippen LogP contribution in [0.2, 0.25) is 0 Å². The van der Waals surface area contributed by atoms with E-state index < -0.39 is 0 Å². The Kier molecular flexibility index (Phi) is 1.94. The molecule has 1 aliphatic heterocycles. The largest absolute Gasteiger partial charge is 0.508 e. The third-order valence-electron chi connectivity index (χ3n) is 2.03. The third kappa shape index (κ3) is 1.51. The van der Waals surface area contributed by atoms with Crippen LogP contribution in [0, 0.1) is 0 Å². The van der Waals surface area contributed by atoms with Crippen LogP contribution in [0.3, 0.4) is 0 Å². The van der Waals surface area contributed by atoms with Crippen molar-refractivity contribution in [1.29, 1.82) is 0 Å². The molecule has 1 aromatic rings. The van der Waals surface area contributed by atoms with Gasteiger partial charge in [0, 0.05) is 12.1 Å². The minimum Gasteiger partial charge on any atom is -0.508 e. The summed E-state index contributed by atoms with van der Waals surface area (Å²) in [5.41, 5.74) is 7.42. The second-order valence-corrected chi connectivity index (χ2v) is 3.02. The van der Waals surface area contributed by atoms with E-state index in [1.807, 2.05) is 6.08 Å². The molecule has 0 aromatic heterocycles. The lowest BCUT2D eigenvalue weighted by Crippen LogP contribution is -2.14. The van der Waals surface area contributed by atoms with Crippen molar-refractivity contribution < 1.29 is 9.84 Å². The van der Waals surface area contributed by atoms with Crippen LogP contribution in [0.1, 0.15) is 5.56 Å². The van der Waals surface area contributed by atoms with Gasteiger partial charge in [0.25, 0.3) is 0 Å². The molecule has 3 nitrogen and oxygen atoms in total. The molecule has 1 heterocycles. The maximum atomic E-state index is 9.23. The number of fused-ring (bicyclic) bond motifs is 1. The lowest BCUT2D eigenvalue weighted by Gasteiger charge is -2.16. The molecule has 68 valence electrons. The zero-order chi connectivity index (χ0) is 9.26. The van der Waals surface area contributed by atoms with Crippen molar-refractivity contribution in [3.63, 3.8) is 0 Å². The molecule has 3 heteroatoms. The molecule has 0 spiro atoms. The number of hydrogen-bond donors (Lipinski definition) is 2. The van der Waals surface area contributed by atoms with Crippen LogP contribution in [0.4, 0.5) is 0 Å². The molecular formula is C10H11NO2. The van der Waals surface area contributed by atoms with Gasteiger partial charge in [0.2, 0.25) is 0 Å². The molecule has 0 radical (unpaired) electrons. The van der Waals surface area contributed by atoms with E-state index in [4.69, 9.17) is 10.5 Å². The fourth-order valence-electron chi connectivity index (χ4n) is 1.33. The third-order valence-corrected chi connectivity index (χ3v) is 2.03. The van der Waals surface area contributed by atoms with E-state index in [9.17, 15) is 5.11 Å². The number of hydrogen-bond acceptors (Lipinski definition) is 3. The molecule has 2 rings (SSSR count). The van der Waals surface area contributed by atoms with E-state index >= 15 is 0 Å². The molecule has 3 N–H and O–H groups in total. The quantitative estimate of drug-likeness (QED) is 0.676. The lowest BCUT2D eigenvalue weighted by atomic mass is 10.1. The first-order chi connectivity index (χ1) is 6.29. The highest BCUT2D eigenvalue weighted by Gasteiger charge is 2.10. The first-order valence-corrected chi connectivity index (χ1v) is 4.15. The predicted molar refractivity (Wildman–Crippen MR) is 50.6 cm³/mol. The SMILES string of the molecule is NCC1=Cc2cc(O)ccc2OC1. The standard InChI is InChI=1S/C10H11NO2/c11-5-7-3-8-4-9(12)1-2-10(8)13-6-7/h1-4,12H,5-6,11H2. The molecule has 0 fully saturated rings. The van der Waals surface area contributed by atoms with Gasteiger partial charge < -0.3 is 15.6 Å². The molecule has 0 bridgehead atoms. The van der Waals surface area contributed by atoms with Crippen molar-refractivity contribution >= 4 is 6.08 Å². The summed E-state index contributed by atoms with van der Waals surface area (Å²) in [6.45, 7) is 1.05. The maximum Gasteiger partial charge on any atom is 0.127 e. The van der Waals surface area contributed by atoms with Crippen molar-refractivity contribution in [2.75, 3.05) is 13.2 Å². The lowest BCUT2D eigenvalue weighted by molar-refractivity contribution is 0.344. The number of ether oxygens (including phenoxy) is 1. The zero-order valence-electron chi connectivity index (χ0n) is 7.16. The molecule has 0 aliphatic carbocycles. The van der Waals surface area contributed by atoms with Crippen LogP contribution >= 0.6 is 0 Å². The molecule has 0 unspecified atom stereocenters. The summed E-state index contributed by atoms with van der Waals surface area (Å²) in [5, 5.41) is 9.23. The summed E-state index contributed by atoms with van der Waals surface area (Å²) in [7, 11) is 0. The van der Waals surface area contributed by atoms with E-state index in [1.165, 1.54) is 0 Å². The van der Waals surface area contributed by atoms with Crippen molar-refractivity contribution in [2.45, 2.75) is 0 Å². The maximum absolute atomic E-state index is 9.23. The summed E-state index contributed by atoms with van der Waals surface area (Å²) in [5.74, 6) is 1.05. The Morgan fingerprint density at radius 1 is 1.46 bits per heavy atom. The van der Waals surface area contributed by atoms with Gasteiger partial charge in [-0.3, -0.25) is 0 Å². The van der Waals surface area contributed by atoms with Gasteiger partial charge in [-0.05, 0) is 29.8 Å². The number of phenols is 1. The summed E-state index contributed by atoms with van der Waals surface area (Å²) in [6, 6.07) is 5.04. The first kappa shape index (κ1) is 8.13. The van der Waals surface area contributed by atoms with Crippen LogP contribution in [0.15, 0.2) is 23.8 Å². The van der Waals surface area contributed by atoms with Crippen LogP contribution in [0.5, 0.6) is 11.5 Å². The second kappa shape index (κ2) is 3.11. The van der Waals surface area contributed by atoms with Crippen LogP contribution in [-0.2, 0) is 0 Å². The summed E-state index contributed by atoms with van der Waals surface area (Å²) >= 11 is 0. The van der Waals surface area contributed by atoms with Gasteiger partial charge in [-0.2, -0.15) is 0 Å². The average Bonchev–Trinajstić information content (AvgIpc) is 2.16. The fraction of sp³-hybridized carbons (Fsp3) is 0.200. The second-order valence-electron chi connectivity index (χ2n) is 3.02. The van der Waals surface area contributed by atoms with Crippen molar-refractivity contribution in [3.8, 4) is 11.5 Å². The van der Waals surface area contributed by atoms with Gasteiger partial charge in [-0.1, -0.05) is 0 Å². The van der Waals surface area contributed by atoms with Crippen molar-refractivity contribution in [2.24, 2.45) is 5.73 Å². The average molecular weight is 177 g/mol. The van der Waals surface area contributed by atoms with Crippen molar-refractivity contribution in [3.05, 3.63) is 29.3 Å². The molecule has 0 atom stereocenters. The molecule has 13 heavy (non-hydrogen) atoms. The minimum atomic E-state index is 0.247. The fourth-order valence-corrected chi connectivity index (χ4v) is 1.33. The Morgan fingerprint density at radius 3 is 3.08 bits per heavy atom. The number of phenolic OH excluding ortho intramolecular Hbond substituents is 1. The van der Waals surface area contributed by atoms with Crippen LogP contribution < -0.4 is 10.5 Å². The zero-order valence-corrected chi connectivity index (χ0v) is 7.16. The summed E-state index contributed by atoms with van der Waals surface area (Å²) < 4.78 is 5.42. The van der Waals surface area contributed by atoms with Gasteiger partial charge >= 0.3 is 0 Å². The highest BCUT2D eigenvalue weighted by atomic mass is 16.5. The van der Waals surface area contributed by atoms with Crippen molar-refractivity contribution in [1.82, 2.24) is 0 Å². The minimum absolute atomic E-state index is 0.247. The number of aromatic hydroxyl groups is 1. The van der Waals surface area contributed by atoms with Gasteiger partial charge in [-0.15, -0.1) is 0 Å². The predicted octanol–water partition coefficient (Wildman–Crippen LogP) is 1.13. The number of rotatable bonds is 1. The normalized spacial score (nSPS) is 14.4. The van der Waals surface area contributed by atoms with E-state index in [1.54, 1.807) is 18.2 Å².